The molecule has 12 heteroatoms. The van der Waals surface area contributed by atoms with E-state index in [9.17, 15) is 4.79 Å². The van der Waals surface area contributed by atoms with E-state index in [0.29, 0.717) is 57.0 Å². The molecule has 10 nitrogen and oxygen atoms in total. The predicted octanol–water partition coefficient (Wildman–Crippen LogP) is 3.99. The summed E-state index contributed by atoms with van der Waals surface area (Å²) >= 11 is 7.41. The molecule has 1 fully saturated rings. The van der Waals surface area contributed by atoms with Crippen LogP contribution in [0.2, 0.25) is 5.15 Å². The zero-order valence-corrected chi connectivity index (χ0v) is 21.1. The molecule has 1 N–H and O–H groups in total. The van der Waals surface area contributed by atoms with Gasteiger partial charge in [-0.15, -0.1) is 0 Å². The number of thiazole rings is 1. The largest absolute Gasteiger partial charge is 0.494 e. The van der Waals surface area contributed by atoms with E-state index >= 15 is 0 Å². The Hall–Kier alpha value is -3.41. The predicted molar refractivity (Wildman–Crippen MR) is 135 cm³/mol. The number of halogens is 1. The van der Waals surface area contributed by atoms with Crippen LogP contribution >= 0.6 is 22.9 Å². The van der Waals surface area contributed by atoms with E-state index in [0.717, 1.165) is 5.69 Å². The zero-order valence-electron chi connectivity index (χ0n) is 19.5. The first-order chi connectivity index (χ1) is 16.8. The normalized spacial score (nSPS) is 14.6. The Morgan fingerprint density at radius 3 is 2.66 bits per heavy atom. The van der Waals surface area contributed by atoms with E-state index in [-0.39, 0.29) is 16.7 Å². The highest BCUT2D eigenvalue weighted by Crippen LogP contribution is 2.35. The lowest BCUT2D eigenvalue weighted by Gasteiger charge is -2.46. The van der Waals surface area contributed by atoms with Crippen LogP contribution in [0.4, 0.5) is 11.1 Å². The van der Waals surface area contributed by atoms with Crippen molar-refractivity contribution in [2.75, 3.05) is 37.5 Å². The van der Waals surface area contributed by atoms with Gasteiger partial charge in [0.25, 0.3) is 5.91 Å². The quantitative estimate of drug-likeness (QED) is 0.383. The van der Waals surface area contributed by atoms with Gasteiger partial charge < -0.3 is 14.4 Å². The second kappa shape index (κ2) is 8.99. The van der Waals surface area contributed by atoms with Crippen LogP contribution in [0, 0.1) is 6.92 Å². The molecule has 5 rings (SSSR count). The third-order valence-electron chi connectivity index (χ3n) is 5.81. The number of aromatic nitrogens is 5. The molecule has 0 radical (unpaired) electrons. The molecule has 1 saturated heterocycles. The number of ether oxygens (including phenoxy) is 2. The van der Waals surface area contributed by atoms with E-state index in [1.54, 1.807) is 25.4 Å². The maximum Gasteiger partial charge on any atom is 0.259 e. The second-order valence-electron chi connectivity index (χ2n) is 8.42. The summed E-state index contributed by atoms with van der Waals surface area (Å²) in [6.07, 6.45) is 4.71. The molecule has 4 aromatic heterocycles. The molecule has 0 spiro atoms. The van der Waals surface area contributed by atoms with Crippen molar-refractivity contribution in [3.63, 3.8) is 0 Å². The summed E-state index contributed by atoms with van der Waals surface area (Å²) in [6, 6.07) is 3.46. The molecule has 5 heterocycles. The number of methoxy groups -OCH3 is 2. The van der Waals surface area contributed by atoms with Crippen molar-refractivity contribution in [3.05, 3.63) is 47.1 Å². The van der Waals surface area contributed by atoms with Gasteiger partial charge in [-0.3, -0.25) is 15.1 Å². The fourth-order valence-corrected chi connectivity index (χ4v) is 4.84. The molecule has 35 heavy (non-hydrogen) atoms. The number of fused-ring (bicyclic) bond motifs is 1. The van der Waals surface area contributed by atoms with Crippen LogP contribution in [0.15, 0.2) is 30.7 Å². The summed E-state index contributed by atoms with van der Waals surface area (Å²) in [7, 11) is 3.24. The second-order valence-corrected chi connectivity index (χ2v) is 9.79. The maximum atomic E-state index is 13.3. The molecule has 0 aliphatic carbocycles. The lowest BCUT2D eigenvalue weighted by molar-refractivity contribution is -0.0175. The van der Waals surface area contributed by atoms with Gasteiger partial charge in [0.05, 0.1) is 38.2 Å². The summed E-state index contributed by atoms with van der Waals surface area (Å²) in [5.41, 5.74) is 2.77. The first-order valence-corrected chi connectivity index (χ1v) is 11.9. The summed E-state index contributed by atoms with van der Waals surface area (Å²) in [5.74, 6) is 0.737. The molecule has 180 valence electrons. The number of nitrogens with zero attached hydrogens (tertiary/aromatic N) is 6. The Morgan fingerprint density at radius 2 is 1.91 bits per heavy atom. The van der Waals surface area contributed by atoms with Crippen molar-refractivity contribution >= 4 is 50.3 Å². The lowest BCUT2D eigenvalue weighted by Crippen LogP contribution is -2.61. The van der Waals surface area contributed by atoms with E-state index in [1.807, 2.05) is 18.7 Å². The molecule has 1 aliphatic heterocycles. The van der Waals surface area contributed by atoms with Crippen LogP contribution in [0.5, 0.6) is 5.75 Å². The minimum Gasteiger partial charge on any atom is -0.494 e. The van der Waals surface area contributed by atoms with Crippen molar-refractivity contribution in [2.45, 2.75) is 19.4 Å². The molecule has 1 amide bonds. The van der Waals surface area contributed by atoms with Crippen LogP contribution < -0.4 is 15.0 Å². The van der Waals surface area contributed by atoms with Crippen molar-refractivity contribution in [1.29, 1.82) is 0 Å². The SMILES string of the molecule is COc1cnc(Cl)cc1-c1cc(C)ncc1C(=O)Nc1nc2cnc(N3CC(C)(OC)C3)nc2s1. The molecule has 4 aromatic rings. The topological polar surface area (TPSA) is 115 Å². The molecule has 0 atom stereocenters. The van der Waals surface area contributed by atoms with Gasteiger partial charge in [0.15, 0.2) is 9.96 Å². The van der Waals surface area contributed by atoms with E-state index in [2.05, 4.69) is 30.2 Å². The average molecular weight is 512 g/mol. The fourth-order valence-electron chi connectivity index (χ4n) is 3.88. The van der Waals surface area contributed by atoms with Crippen LogP contribution in [-0.2, 0) is 4.74 Å². The van der Waals surface area contributed by atoms with Gasteiger partial charge in [-0.1, -0.05) is 22.9 Å². The van der Waals surface area contributed by atoms with Crippen molar-refractivity contribution < 1.29 is 14.3 Å². The number of amides is 1. The fraction of sp³-hybridized carbons (Fsp3) is 0.304. The molecule has 0 bridgehead atoms. The Bertz CT molecular complexity index is 1440. The third kappa shape index (κ3) is 4.49. The number of hydrogen-bond donors (Lipinski definition) is 1. The highest BCUT2D eigenvalue weighted by molar-refractivity contribution is 7.22. The first-order valence-electron chi connectivity index (χ1n) is 10.7. The highest BCUT2D eigenvalue weighted by atomic mass is 35.5. The minimum atomic E-state index is -0.367. The van der Waals surface area contributed by atoms with Gasteiger partial charge in [-0.25, -0.2) is 15.0 Å². The van der Waals surface area contributed by atoms with Gasteiger partial charge >= 0.3 is 0 Å². The summed E-state index contributed by atoms with van der Waals surface area (Å²) in [6.45, 7) is 5.32. The van der Waals surface area contributed by atoms with Crippen LogP contribution in [0.1, 0.15) is 23.0 Å². The number of nitrogens with one attached hydrogen (secondary N) is 1. The van der Waals surface area contributed by atoms with Crippen LogP contribution in [0.25, 0.3) is 21.5 Å². The molecule has 0 unspecified atom stereocenters. The molecule has 0 saturated carbocycles. The van der Waals surface area contributed by atoms with Crippen LogP contribution in [-0.4, -0.2) is 63.7 Å². The summed E-state index contributed by atoms with van der Waals surface area (Å²) < 4.78 is 10.9. The van der Waals surface area contributed by atoms with Crippen molar-refractivity contribution in [2.24, 2.45) is 0 Å². The van der Waals surface area contributed by atoms with Crippen LogP contribution in [0.3, 0.4) is 0 Å². The number of rotatable bonds is 6. The summed E-state index contributed by atoms with van der Waals surface area (Å²) in [5, 5.41) is 3.56. The Balaban J connectivity index is 1.42. The minimum absolute atomic E-state index is 0.188. The van der Waals surface area contributed by atoms with Gasteiger partial charge in [-0.05, 0) is 26.0 Å². The van der Waals surface area contributed by atoms with Crippen molar-refractivity contribution in [3.8, 4) is 16.9 Å². The lowest BCUT2D eigenvalue weighted by atomic mass is 9.97. The standard InChI is InChI=1S/C23H22ClN7O3S/c1-12-5-13(14-6-18(24)26-9-17(14)33-3)15(7-25-12)19(32)29-22-28-16-8-27-21(30-20(16)35-22)31-10-23(2,11-31)34-4/h5-9H,10-11H2,1-4H3,(H,28,29,32). The van der Waals surface area contributed by atoms with E-state index < -0.39 is 0 Å². The Morgan fingerprint density at radius 1 is 1.11 bits per heavy atom. The van der Waals surface area contributed by atoms with E-state index in [1.165, 1.54) is 30.8 Å². The molecule has 1 aliphatic rings. The average Bonchev–Trinajstić information content (AvgIpc) is 3.23. The van der Waals surface area contributed by atoms with Gasteiger partial charge in [0.1, 0.15) is 22.0 Å². The molecular weight excluding hydrogens is 490 g/mol. The van der Waals surface area contributed by atoms with Gasteiger partial charge in [0.2, 0.25) is 5.95 Å². The Labute approximate surface area is 210 Å². The zero-order chi connectivity index (χ0) is 24.7. The number of anilines is 2. The number of carbonyl (C=O) groups is 1. The van der Waals surface area contributed by atoms with Gasteiger partial charge in [-0.2, -0.15) is 4.98 Å². The third-order valence-corrected chi connectivity index (χ3v) is 6.90. The van der Waals surface area contributed by atoms with Crippen molar-refractivity contribution in [1.82, 2.24) is 24.9 Å². The molecule has 0 aromatic carbocycles. The van der Waals surface area contributed by atoms with E-state index in [4.69, 9.17) is 21.1 Å². The number of carbonyl (C=O) groups excluding carboxylic acids is 1. The number of hydrogen-bond acceptors (Lipinski definition) is 10. The monoisotopic (exact) mass is 511 g/mol. The molecular formula is C23H22ClN7O3S. The summed E-state index contributed by atoms with van der Waals surface area (Å²) in [4.78, 5) is 37.9. The highest BCUT2D eigenvalue weighted by Gasteiger charge is 2.40. The van der Waals surface area contributed by atoms with Gasteiger partial charge in [0, 0.05) is 30.1 Å². The first kappa shape index (κ1) is 23.3. The number of aryl methyl sites for hydroxylation is 1. The number of pyridine rings is 2. The Kier molecular flexibility index (Phi) is 5.99. The maximum absolute atomic E-state index is 13.3. The smallest absolute Gasteiger partial charge is 0.259 e.